The van der Waals surface area contributed by atoms with Gasteiger partial charge in [0.1, 0.15) is 0 Å². The maximum atomic E-state index is 13.0. The molecule has 8 nitrogen and oxygen atoms in total. The van der Waals surface area contributed by atoms with Crippen molar-refractivity contribution >= 4 is 32.7 Å². The van der Waals surface area contributed by atoms with Crippen molar-refractivity contribution in [3.05, 3.63) is 58.5 Å². The zero-order valence-corrected chi connectivity index (χ0v) is 15.1. The van der Waals surface area contributed by atoms with Gasteiger partial charge in [-0.2, -0.15) is 0 Å². The number of aromatic nitrogens is 2. The molecular weight excluding hydrogens is 358 g/mol. The molecule has 0 aliphatic heterocycles. The third kappa shape index (κ3) is 2.57. The minimum Gasteiger partial charge on any atom is -0.545 e. The maximum Gasteiger partial charge on any atom is 0.328 e. The van der Waals surface area contributed by atoms with E-state index in [9.17, 15) is 23.1 Å². The van der Waals surface area contributed by atoms with E-state index >= 15 is 0 Å². The fourth-order valence-electron chi connectivity index (χ4n) is 2.86. The van der Waals surface area contributed by atoms with Crippen molar-refractivity contribution in [1.29, 1.82) is 0 Å². The lowest BCUT2D eigenvalue weighted by molar-refractivity contribution is -0.254. The van der Waals surface area contributed by atoms with E-state index in [2.05, 4.69) is 0 Å². The molecule has 0 N–H and O–H groups in total. The van der Waals surface area contributed by atoms with Crippen LogP contribution in [-0.2, 0) is 24.1 Å². The predicted octanol–water partition coefficient (Wildman–Crippen LogP) is 0.0656. The number of benzene rings is 2. The van der Waals surface area contributed by atoms with Crippen LogP contribution in [0.3, 0.4) is 0 Å². The Morgan fingerprint density at radius 3 is 2.31 bits per heavy atom. The number of sulfonamides is 1. The molecule has 0 saturated carbocycles. The summed E-state index contributed by atoms with van der Waals surface area (Å²) < 4.78 is 29.6. The standard InChI is InChI=1S/C17H17N3O5S/c1-18-14-9-8-11(10-15(14)19(2)17(18)23)26(24,25)20(3)13-7-5-4-6-12(13)16(21)22/h4-10H,1-3H3,(H,21,22)/p-1. The van der Waals surface area contributed by atoms with E-state index in [1.165, 1.54) is 52.6 Å². The van der Waals surface area contributed by atoms with Gasteiger partial charge in [-0.25, -0.2) is 13.2 Å². The van der Waals surface area contributed by atoms with Gasteiger partial charge in [-0.3, -0.25) is 13.4 Å². The Kier molecular flexibility index (Phi) is 4.11. The van der Waals surface area contributed by atoms with Gasteiger partial charge in [0.15, 0.2) is 0 Å². The molecule has 0 fully saturated rings. The van der Waals surface area contributed by atoms with Crippen LogP contribution in [0.2, 0.25) is 0 Å². The minimum atomic E-state index is -4.04. The quantitative estimate of drug-likeness (QED) is 0.642. The number of hydrogen-bond acceptors (Lipinski definition) is 5. The lowest BCUT2D eigenvalue weighted by Crippen LogP contribution is -2.31. The molecule has 0 aliphatic rings. The highest BCUT2D eigenvalue weighted by molar-refractivity contribution is 7.92. The first-order valence-electron chi connectivity index (χ1n) is 7.61. The maximum absolute atomic E-state index is 13.0. The number of nitrogens with zero attached hydrogens (tertiary/aromatic N) is 3. The number of carbonyl (C=O) groups is 1. The number of imidazole rings is 1. The summed E-state index contributed by atoms with van der Waals surface area (Å²) in [5, 5.41) is 11.3. The van der Waals surface area contributed by atoms with Crippen LogP contribution >= 0.6 is 0 Å². The van der Waals surface area contributed by atoms with Crippen LogP contribution in [0.5, 0.6) is 0 Å². The summed E-state index contributed by atoms with van der Waals surface area (Å²) in [6.07, 6.45) is 0. The summed E-state index contributed by atoms with van der Waals surface area (Å²) in [4.78, 5) is 23.2. The Morgan fingerprint density at radius 1 is 1.04 bits per heavy atom. The van der Waals surface area contributed by atoms with Gasteiger partial charge in [-0.1, -0.05) is 18.2 Å². The fourth-order valence-corrected chi connectivity index (χ4v) is 4.09. The van der Waals surface area contributed by atoms with E-state index in [1.807, 2.05) is 0 Å². The highest BCUT2D eigenvalue weighted by Crippen LogP contribution is 2.27. The number of carboxylic acids is 1. The Bertz CT molecular complexity index is 1190. The molecule has 136 valence electrons. The van der Waals surface area contributed by atoms with Crippen molar-refractivity contribution in [3.63, 3.8) is 0 Å². The molecule has 2 aromatic carbocycles. The van der Waals surface area contributed by atoms with Gasteiger partial charge in [0.25, 0.3) is 10.0 Å². The SMILES string of the molecule is CN(c1ccccc1C(=O)[O-])S(=O)(=O)c1ccc2c(c1)n(C)c(=O)n2C. The van der Waals surface area contributed by atoms with E-state index < -0.39 is 16.0 Å². The van der Waals surface area contributed by atoms with Crippen molar-refractivity contribution in [3.8, 4) is 0 Å². The molecule has 3 aromatic rings. The molecule has 3 rings (SSSR count). The lowest BCUT2D eigenvalue weighted by atomic mass is 10.2. The molecule has 0 aliphatic carbocycles. The number of fused-ring (bicyclic) bond motifs is 1. The van der Waals surface area contributed by atoms with E-state index in [1.54, 1.807) is 20.2 Å². The van der Waals surface area contributed by atoms with E-state index in [-0.39, 0.29) is 21.8 Å². The molecular formula is C17H16N3O5S-. The van der Waals surface area contributed by atoms with Crippen LogP contribution in [0.15, 0.2) is 52.2 Å². The third-order valence-corrected chi connectivity index (χ3v) is 6.13. The van der Waals surface area contributed by atoms with Crippen LogP contribution < -0.4 is 15.1 Å². The van der Waals surface area contributed by atoms with Crippen molar-refractivity contribution < 1.29 is 18.3 Å². The average molecular weight is 374 g/mol. The van der Waals surface area contributed by atoms with E-state index in [0.717, 1.165) is 4.31 Å². The summed E-state index contributed by atoms with van der Waals surface area (Å²) in [6.45, 7) is 0. The smallest absolute Gasteiger partial charge is 0.328 e. The van der Waals surface area contributed by atoms with Gasteiger partial charge < -0.3 is 9.90 Å². The third-order valence-electron chi connectivity index (χ3n) is 4.37. The Morgan fingerprint density at radius 2 is 1.65 bits per heavy atom. The second-order valence-corrected chi connectivity index (χ2v) is 7.80. The zero-order chi connectivity index (χ0) is 19.2. The number of rotatable bonds is 4. The van der Waals surface area contributed by atoms with Crippen LogP contribution in [0.25, 0.3) is 11.0 Å². The van der Waals surface area contributed by atoms with Crippen LogP contribution in [0, 0.1) is 0 Å². The fraction of sp³-hybridized carbons (Fsp3) is 0.176. The second kappa shape index (κ2) is 6.03. The second-order valence-electron chi connectivity index (χ2n) is 5.83. The highest BCUT2D eigenvalue weighted by Gasteiger charge is 2.24. The van der Waals surface area contributed by atoms with Gasteiger partial charge in [0.2, 0.25) is 0 Å². The summed E-state index contributed by atoms with van der Waals surface area (Å²) in [7, 11) is 0.377. The van der Waals surface area contributed by atoms with Crippen molar-refractivity contribution in [2.24, 2.45) is 14.1 Å². The van der Waals surface area contributed by atoms with Crippen LogP contribution in [0.4, 0.5) is 5.69 Å². The first-order valence-corrected chi connectivity index (χ1v) is 9.05. The summed E-state index contributed by atoms with van der Waals surface area (Å²) >= 11 is 0. The molecule has 0 spiro atoms. The van der Waals surface area contributed by atoms with Crippen molar-refractivity contribution in [2.75, 3.05) is 11.4 Å². The number of anilines is 1. The van der Waals surface area contributed by atoms with Crippen LogP contribution in [-0.4, -0.2) is 30.6 Å². The number of aryl methyl sites for hydroxylation is 2. The van der Waals surface area contributed by atoms with Gasteiger partial charge in [-0.05, 0) is 24.3 Å². The number of carboxylic acid groups (broad SMARTS) is 1. The molecule has 9 heteroatoms. The number of hydrogen-bond donors (Lipinski definition) is 0. The van der Waals surface area contributed by atoms with Crippen LogP contribution in [0.1, 0.15) is 10.4 Å². The highest BCUT2D eigenvalue weighted by atomic mass is 32.2. The van der Waals surface area contributed by atoms with Gasteiger partial charge >= 0.3 is 5.69 Å². The van der Waals surface area contributed by atoms with E-state index in [4.69, 9.17) is 0 Å². The Hall–Kier alpha value is -3.07. The number of carbonyl (C=O) groups excluding carboxylic acids is 1. The minimum absolute atomic E-state index is 0.00505. The molecule has 0 atom stereocenters. The molecule has 0 unspecified atom stereocenters. The van der Waals surface area contributed by atoms with Crippen molar-refractivity contribution in [1.82, 2.24) is 9.13 Å². The molecule has 0 bridgehead atoms. The predicted molar refractivity (Wildman–Crippen MR) is 94.5 cm³/mol. The molecule has 26 heavy (non-hydrogen) atoms. The molecule has 0 saturated heterocycles. The lowest BCUT2D eigenvalue weighted by Gasteiger charge is -2.22. The Balaban J connectivity index is 2.17. The topological polar surface area (TPSA) is 104 Å². The van der Waals surface area contributed by atoms with Gasteiger partial charge in [0.05, 0.1) is 27.6 Å². The van der Waals surface area contributed by atoms with Gasteiger partial charge in [-0.15, -0.1) is 0 Å². The molecule has 1 heterocycles. The molecule has 0 amide bonds. The first-order chi connectivity index (χ1) is 12.2. The van der Waals surface area contributed by atoms with E-state index in [0.29, 0.717) is 11.0 Å². The Labute approximate surface area is 149 Å². The zero-order valence-electron chi connectivity index (χ0n) is 14.3. The summed E-state index contributed by atoms with van der Waals surface area (Å²) in [5.41, 5.74) is 0.543. The van der Waals surface area contributed by atoms with Crippen molar-refractivity contribution in [2.45, 2.75) is 4.90 Å². The van der Waals surface area contributed by atoms with Gasteiger partial charge in [0, 0.05) is 26.7 Å². The largest absolute Gasteiger partial charge is 0.545 e. The number of aromatic carboxylic acids is 1. The average Bonchev–Trinajstić information content (AvgIpc) is 2.85. The first kappa shape index (κ1) is 17.7. The number of para-hydroxylation sites is 1. The monoisotopic (exact) mass is 374 g/mol. The molecule has 0 radical (unpaired) electrons. The summed E-state index contributed by atoms with van der Waals surface area (Å²) in [6, 6.07) is 10.0. The summed E-state index contributed by atoms with van der Waals surface area (Å²) in [5.74, 6) is -1.47. The normalized spacial score (nSPS) is 11.7. The molecule has 1 aromatic heterocycles.